The van der Waals surface area contributed by atoms with Crippen LogP contribution in [-0.4, -0.2) is 19.4 Å². The van der Waals surface area contributed by atoms with Crippen LogP contribution in [0.5, 0.6) is 5.75 Å². The summed E-state index contributed by atoms with van der Waals surface area (Å²) in [7, 11) is 1.64. The first-order valence-electron chi connectivity index (χ1n) is 6.76. The van der Waals surface area contributed by atoms with Gasteiger partial charge in [-0.25, -0.2) is 0 Å². The molecular formula is C18H15NO2. The van der Waals surface area contributed by atoms with Crippen LogP contribution in [-0.2, 0) is 4.79 Å². The Balaban J connectivity index is 2.14. The second-order valence-electron chi connectivity index (χ2n) is 4.81. The average Bonchev–Trinajstić information content (AvgIpc) is 2.74. The zero-order valence-electron chi connectivity index (χ0n) is 11.7. The second-order valence-corrected chi connectivity index (χ2v) is 4.81. The minimum Gasteiger partial charge on any atom is -0.497 e. The highest BCUT2D eigenvalue weighted by Gasteiger charge is 2.08. The van der Waals surface area contributed by atoms with Gasteiger partial charge in [0.2, 0.25) is 0 Å². The third-order valence-electron chi connectivity index (χ3n) is 3.45. The van der Waals surface area contributed by atoms with E-state index < -0.39 is 6.04 Å². The molecule has 104 valence electrons. The van der Waals surface area contributed by atoms with E-state index in [1.54, 1.807) is 7.11 Å². The van der Waals surface area contributed by atoms with Crippen molar-refractivity contribution in [1.29, 1.82) is 0 Å². The van der Waals surface area contributed by atoms with Gasteiger partial charge in [0.15, 0.2) is 0 Å². The van der Waals surface area contributed by atoms with Crippen molar-refractivity contribution >= 4 is 17.9 Å². The first-order valence-corrected chi connectivity index (χ1v) is 6.76. The summed E-state index contributed by atoms with van der Waals surface area (Å²) in [5, 5.41) is 1.86. The molecule has 1 aliphatic rings. The molecule has 1 aliphatic heterocycles. The Morgan fingerprint density at radius 2 is 1.86 bits per heavy atom. The van der Waals surface area contributed by atoms with Crippen molar-refractivity contribution in [2.75, 3.05) is 7.11 Å². The molecule has 2 aromatic carbocycles. The van der Waals surface area contributed by atoms with E-state index in [0.29, 0.717) is 0 Å². The Hall–Kier alpha value is -2.68. The van der Waals surface area contributed by atoms with E-state index in [1.807, 2.05) is 54.6 Å². The standard InChI is InChI=1S/C18H15NO2/c1-21-17-8-6-13(7-9-17)15-10-14-4-2-3-5-18(14)19-16(11-15)12-20/h2-12,16H,1H3. The average molecular weight is 277 g/mol. The molecule has 0 radical (unpaired) electrons. The number of carbonyl (C=O) groups is 1. The quantitative estimate of drug-likeness (QED) is 0.802. The molecule has 1 atom stereocenters. The van der Waals surface area contributed by atoms with Gasteiger partial charge < -0.3 is 9.53 Å². The van der Waals surface area contributed by atoms with Crippen LogP contribution in [0.4, 0.5) is 0 Å². The third kappa shape index (κ3) is 2.77. The summed E-state index contributed by atoms with van der Waals surface area (Å²) in [6.45, 7) is 0. The molecule has 0 bridgehead atoms. The number of hydrogen-bond acceptors (Lipinski definition) is 3. The smallest absolute Gasteiger partial charge is 0.148 e. The zero-order valence-corrected chi connectivity index (χ0v) is 11.7. The van der Waals surface area contributed by atoms with E-state index in [2.05, 4.69) is 11.1 Å². The largest absolute Gasteiger partial charge is 0.497 e. The lowest BCUT2D eigenvalue weighted by Crippen LogP contribution is -2.25. The SMILES string of the molecule is COc1ccc(C2=CC(C=O)N=c3ccccc3=C2)cc1. The maximum absolute atomic E-state index is 11.2. The van der Waals surface area contributed by atoms with E-state index in [9.17, 15) is 4.79 Å². The molecule has 1 heterocycles. The Labute approximate surface area is 122 Å². The van der Waals surface area contributed by atoms with Gasteiger partial charge in [-0.05, 0) is 41.5 Å². The van der Waals surface area contributed by atoms with Gasteiger partial charge in [0.1, 0.15) is 18.1 Å². The number of para-hydroxylation sites is 1. The molecule has 0 fully saturated rings. The normalized spacial score (nSPS) is 16.6. The monoisotopic (exact) mass is 277 g/mol. The molecule has 21 heavy (non-hydrogen) atoms. The summed E-state index contributed by atoms with van der Waals surface area (Å²) in [4.78, 5) is 15.7. The number of carbonyl (C=O) groups excluding carboxylic acids is 1. The maximum Gasteiger partial charge on any atom is 0.148 e. The van der Waals surface area contributed by atoms with Gasteiger partial charge in [-0.3, -0.25) is 4.99 Å². The van der Waals surface area contributed by atoms with E-state index in [0.717, 1.165) is 33.7 Å². The van der Waals surface area contributed by atoms with Gasteiger partial charge in [-0.2, -0.15) is 0 Å². The fraction of sp³-hybridized carbons (Fsp3) is 0.111. The van der Waals surface area contributed by atoms with Crippen LogP contribution >= 0.6 is 0 Å². The summed E-state index contributed by atoms with van der Waals surface area (Å²) in [6.07, 6.45) is 4.80. The molecule has 0 amide bonds. The lowest BCUT2D eigenvalue weighted by molar-refractivity contribution is -0.108. The summed E-state index contributed by atoms with van der Waals surface area (Å²) in [5.74, 6) is 0.810. The number of allylic oxidation sites excluding steroid dienone is 1. The highest BCUT2D eigenvalue weighted by atomic mass is 16.5. The van der Waals surface area contributed by atoms with Crippen LogP contribution in [0.3, 0.4) is 0 Å². The molecule has 0 aromatic heterocycles. The minimum atomic E-state index is -0.456. The molecule has 3 nitrogen and oxygen atoms in total. The molecule has 0 saturated carbocycles. The fourth-order valence-electron chi connectivity index (χ4n) is 2.36. The predicted octanol–water partition coefficient (Wildman–Crippen LogP) is 1.76. The molecule has 3 rings (SSSR count). The van der Waals surface area contributed by atoms with Crippen molar-refractivity contribution < 1.29 is 9.53 Å². The third-order valence-corrected chi connectivity index (χ3v) is 3.45. The van der Waals surface area contributed by atoms with Crippen LogP contribution in [0.1, 0.15) is 5.56 Å². The lowest BCUT2D eigenvalue weighted by atomic mass is 10.0. The molecule has 0 saturated heterocycles. The summed E-state index contributed by atoms with van der Waals surface area (Å²) in [5.41, 5.74) is 2.03. The number of fused-ring (bicyclic) bond motifs is 1. The summed E-state index contributed by atoms with van der Waals surface area (Å²) >= 11 is 0. The van der Waals surface area contributed by atoms with Crippen molar-refractivity contribution in [2.24, 2.45) is 4.99 Å². The van der Waals surface area contributed by atoms with Crippen LogP contribution in [0.2, 0.25) is 0 Å². The molecule has 3 heteroatoms. The maximum atomic E-state index is 11.2. The number of ether oxygens (including phenoxy) is 1. The number of benzene rings is 2. The molecule has 0 aliphatic carbocycles. The molecule has 2 aromatic rings. The number of hydrogen-bond donors (Lipinski definition) is 0. The van der Waals surface area contributed by atoms with Gasteiger partial charge in [-0.15, -0.1) is 0 Å². The Bertz CT molecular complexity index is 804. The highest BCUT2D eigenvalue weighted by molar-refractivity contribution is 5.90. The second kappa shape index (κ2) is 5.75. The van der Waals surface area contributed by atoms with Crippen molar-refractivity contribution in [3.63, 3.8) is 0 Å². The number of methoxy groups -OCH3 is 1. The van der Waals surface area contributed by atoms with E-state index in [-0.39, 0.29) is 0 Å². The first-order chi connectivity index (χ1) is 10.3. The topological polar surface area (TPSA) is 38.7 Å². The van der Waals surface area contributed by atoms with Gasteiger partial charge >= 0.3 is 0 Å². The van der Waals surface area contributed by atoms with Crippen molar-refractivity contribution in [3.05, 3.63) is 70.7 Å². The Kier molecular flexibility index (Phi) is 3.65. The highest BCUT2D eigenvalue weighted by Crippen LogP contribution is 2.21. The number of rotatable bonds is 3. The Morgan fingerprint density at radius 1 is 1.10 bits per heavy atom. The van der Waals surface area contributed by atoms with Crippen molar-refractivity contribution in [2.45, 2.75) is 6.04 Å². The number of aldehydes is 1. The van der Waals surface area contributed by atoms with E-state index >= 15 is 0 Å². The molecular weight excluding hydrogens is 262 g/mol. The van der Waals surface area contributed by atoms with Crippen molar-refractivity contribution in [3.8, 4) is 5.75 Å². The van der Waals surface area contributed by atoms with Crippen LogP contribution < -0.4 is 15.3 Å². The van der Waals surface area contributed by atoms with Gasteiger partial charge in [0.25, 0.3) is 0 Å². The summed E-state index contributed by atoms with van der Waals surface area (Å²) in [6, 6.07) is 15.2. The number of nitrogens with zero attached hydrogens (tertiary/aromatic N) is 1. The zero-order chi connectivity index (χ0) is 14.7. The van der Waals surface area contributed by atoms with Gasteiger partial charge in [-0.1, -0.05) is 30.3 Å². The minimum absolute atomic E-state index is 0.456. The molecule has 1 unspecified atom stereocenters. The van der Waals surface area contributed by atoms with Crippen molar-refractivity contribution in [1.82, 2.24) is 0 Å². The van der Waals surface area contributed by atoms with Crippen LogP contribution in [0.25, 0.3) is 11.6 Å². The predicted molar refractivity (Wildman–Crippen MR) is 82.5 cm³/mol. The van der Waals surface area contributed by atoms with Crippen LogP contribution in [0, 0.1) is 0 Å². The van der Waals surface area contributed by atoms with Gasteiger partial charge in [0, 0.05) is 5.22 Å². The fourth-order valence-corrected chi connectivity index (χ4v) is 2.36. The van der Waals surface area contributed by atoms with E-state index in [1.165, 1.54) is 0 Å². The first kappa shape index (κ1) is 13.3. The van der Waals surface area contributed by atoms with E-state index in [4.69, 9.17) is 4.74 Å². The molecule has 0 spiro atoms. The molecule has 0 N–H and O–H groups in total. The Morgan fingerprint density at radius 3 is 2.57 bits per heavy atom. The van der Waals surface area contributed by atoms with Crippen LogP contribution in [0.15, 0.2) is 59.6 Å². The lowest BCUT2D eigenvalue weighted by Gasteiger charge is -2.05. The summed E-state index contributed by atoms with van der Waals surface area (Å²) < 4.78 is 5.18. The van der Waals surface area contributed by atoms with Gasteiger partial charge in [0.05, 0.1) is 12.5 Å².